The predicted octanol–water partition coefficient (Wildman–Crippen LogP) is 0.911. The summed E-state index contributed by atoms with van der Waals surface area (Å²) in [5, 5.41) is 6.56. The van der Waals surface area contributed by atoms with E-state index < -0.39 is 0 Å². The van der Waals surface area contributed by atoms with E-state index in [0.29, 0.717) is 6.04 Å². The van der Waals surface area contributed by atoms with Gasteiger partial charge in [0.15, 0.2) is 0 Å². The predicted molar refractivity (Wildman–Crippen MR) is 79.4 cm³/mol. The summed E-state index contributed by atoms with van der Waals surface area (Å²) in [5.41, 5.74) is 2.61. The monoisotopic (exact) mass is 273 g/mol. The molecule has 1 amide bonds. The van der Waals surface area contributed by atoms with Crippen LogP contribution in [0.1, 0.15) is 24.0 Å². The molecule has 4 heteroatoms. The summed E-state index contributed by atoms with van der Waals surface area (Å²) in [6.07, 6.45) is 3.06. The SMILES string of the molecule is CN1CCCC(NC(=O)C2Cc3ccccc3CN2)C1. The number of carbonyl (C=O) groups excluding carboxylic acids is 1. The number of benzene rings is 1. The fourth-order valence-corrected chi connectivity index (χ4v) is 3.23. The van der Waals surface area contributed by atoms with E-state index in [0.717, 1.165) is 32.5 Å². The number of piperidine rings is 1. The summed E-state index contributed by atoms with van der Waals surface area (Å²) in [6.45, 7) is 2.90. The number of likely N-dealkylation sites (tertiary alicyclic amines) is 1. The molecule has 2 atom stereocenters. The minimum Gasteiger partial charge on any atom is -0.351 e. The number of carbonyl (C=O) groups is 1. The second-order valence-corrected chi connectivity index (χ2v) is 6.02. The Hall–Kier alpha value is -1.39. The molecule has 1 fully saturated rings. The van der Waals surface area contributed by atoms with Gasteiger partial charge >= 0.3 is 0 Å². The van der Waals surface area contributed by atoms with Crippen LogP contribution in [-0.2, 0) is 17.8 Å². The standard InChI is InChI=1S/C16H23N3O/c1-19-8-4-7-14(11-19)18-16(20)15-9-12-5-2-3-6-13(12)10-17-15/h2-3,5-6,14-15,17H,4,7-11H2,1H3,(H,18,20). The van der Waals surface area contributed by atoms with Crippen molar-refractivity contribution in [2.24, 2.45) is 0 Å². The highest BCUT2D eigenvalue weighted by molar-refractivity contribution is 5.82. The quantitative estimate of drug-likeness (QED) is 0.842. The number of nitrogens with one attached hydrogen (secondary N) is 2. The third kappa shape index (κ3) is 3.02. The van der Waals surface area contributed by atoms with Crippen LogP contribution in [0.2, 0.25) is 0 Å². The molecule has 0 aromatic heterocycles. The van der Waals surface area contributed by atoms with Gasteiger partial charge in [-0.3, -0.25) is 4.79 Å². The maximum Gasteiger partial charge on any atom is 0.237 e. The first-order valence-electron chi connectivity index (χ1n) is 7.51. The Labute approximate surface area is 120 Å². The van der Waals surface area contributed by atoms with Gasteiger partial charge in [-0.2, -0.15) is 0 Å². The normalized spacial score (nSPS) is 26.9. The summed E-state index contributed by atoms with van der Waals surface area (Å²) in [4.78, 5) is 14.7. The molecule has 108 valence electrons. The molecule has 0 bridgehead atoms. The van der Waals surface area contributed by atoms with Gasteiger partial charge in [0.1, 0.15) is 0 Å². The summed E-state index contributed by atoms with van der Waals surface area (Å²) in [6, 6.07) is 8.59. The number of rotatable bonds is 2. The van der Waals surface area contributed by atoms with Gasteiger partial charge in [-0.25, -0.2) is 0 Å². The van der Waals surface area contributed by atoms with Crippen molar-refractivity contribution < 1.29 is 4.79 Å². The second kappa shape index (κ2) is 5.94. The van der Waals surface area contributed by atoms with Crippen LogP contribution >= 0.6 is 0 Å². The van der Waals surface area contributed by atoms with Crippen LogP contribution in [0.15, 0.2) is 24.3 Å². The fourth-order valence-electron chi connectivity index (χ4n) is 3.23. The van der Waals surface area contributed by atoms with Gasteiger partial charge < -0.3 is 15.5 Å². The van der Waals surface area contributed by atoms with E-state index in [9.17, 15) is 4.79 Å². The van der Waals surface area contributed by atoms with Crippen LogP contribution < -0.4 is 10.6 Å². The zero-order chi connectivity index (χ0) is 13.9. The van der Waals surface area contributed by atoms with Gasteiger partial charge in [0.05, 0.1) is 6.04 Å². The lowest BCUT2D eigenvalue weighted by molar-refractivity contribution is -0.124. The first kappa shape index (κ1) is 13.6. The number of likely N-dealkylation sites (N-methyl/N-ethyl adjacent to an activating group) is 1. The van der Waals surface area contributed by atoms with Gasteiger partial charge in [-0.05, 0) is 44.0 Å². The summed E-state index contributed by atoms with van der Waals surface area (Å²) >= 11 is 0. The van der Waals surface area contributed by atoms with Crippen molar-refractivity contribution in [3.63, 3.8) is 0 Å². The van der Waals surface area contributed by atoms with E-state index >= 15 is 0 Å². The largest absolute Gasteiger partial charge is 0.351 e. The van der Waals surface area contributed by atoms with Crippen LogP contribution in [0, 0.1) is 0 Å². The maximum atomic E-state index is 12.4. The molecule has 2 aliphatic rings. The lowest BCUT2D eigenvalue weighted by Crippen LogP contribution is -2.53. The van der Waals surface area contributed by atoms with Crippen LogP contribution in [0.5, 0.6) is 0 Å². The van der Waals surface area contributed by atoms with E-state index in [1.54, 1.807) is 0 Å². The average Bonchev–Trinajstić information content (AvgIpc) is 2.47. The van der Waals surface area contributed by atoms with Crippen molar-refractivity contribution >= 4 is 5.91 Å². The lowest BCUT2D eigenvalue weighted by Gasteiger charge is -2.32. The van der Waals surface area contributed by atoms with Crippen LogP contribution in [0.3, 0.4) is 0 Å². The zero-order valence-corrected chi connectivity index (χ0v) is 12.1. The molecule has 2 aliphatic heterocycles. The van der Waals surface area contributed by atoms with E-state index in [1.807, 2.05) is 0 Å². The number of amides is 1. The molecule has 1 aromatic carbocycles. The van der Waals surface area contributed by atoms with Crippen LogP contribution in [0.25, 0.3) is 0 Å². The topological polar surface area (TPSA) is 44.4 Å². The molecule has 0 saturated carbocycles. The number of nitrogens with zero attached hydrogens (tertiary/aromatic N) is 1. The lowest BCUT2D eigenvalue weighted by atomic mass is 9.95. The molecule has 2 heterocycles. The molecule has 2 N–H and O–H groups in total. The summed E-state index contributed by atoms with van der Waals surface area (Å²) in [7, 11) is 2.12. The molecule has 2 unspecified atom stereocenters. The van der Waals surface area contributed by atoms with E-state index in [-0.39, 0.29) is 11.9 Å². The van der Waals surface area contributed by atoms with Crippen molar-refractivity contribution in [1.29, 1.82) is 0 Å². The van der Waals surface area contributed by atoms with Gasteiger partial charge in [-0.1, -0.05) is 24.3 Å². The minimum absolute atomic E-state index is 0.0860. The Bertz CT molecular complexity index is 488. The average molecular weight is 273 g/mol. The van der Waals surface area contributed by atoms with Crippen molar-refractivity contribution in [1.82, 2.24) is 15.5 Å². The number of fused-ring (bicyclic) bond motifs is 1. The Morgan fingerprint density at radius 1 is 1.35 bits per heavy atom. The number of hydrogen-bond donors (Lipinski definition) is 2. The molecular weight excluding hydrogens is 250 g/mol. The molecule has 0 spiro atoms. The minimum atomic E-state index is -0.0860. The third-order valence-electron chi connectivity index (χ3n) is 4.37. The third-order valence-corrected chi connectivity index (χ3v) is 4.37. The Kier molecular flexibility index (Phi) is 4.03. The van der Waals surface area contributed by atoms with Gasteiger partial charge in [0.25, 0.3) is 0 Å². The Balaban J connectivity index is 1.59. The fraction of sp³-hybridized carbons (Fsp3) is 0.562. The van der Waals surface area contributed by atoms with Crippen molar-refractivity contribution in [3.8, 4) is 0 Å². The van der Waals surface area contributed by atoms with Crippen molar-refractivity contribution in [2.45, 2.75) is 37.9 Å². The molecule has 1 aromatic rings. The van der Waals surface area contributed by atoms with Gasteiger partial charge in [0, 0.05) is 19.1 Å². The molecule has 3 rings (SSSR count). The molecule has 0 radical (unpaired) electrons. The Morgan fingerprint density at radius 3 is 2.95 bits per heavy atom. The van der Waals surface area contributed by atoms with E-state index in [1.165, 1.54) is 17.5 Å². The number of hydrogen-bond acceptors (Lipinski definition) is 3. The highest BCUT2D eigenvalue weighted by Gasteiger charge is 2.26. The van der Waals surface area contributed by atoms with Gasteiger partial charge in [0.2, 0.25) is 5.91 Å². The molecule has 1 saturated heterocycles. The Morgan fingerprint density at radius 2 is 2.15 bits per heavy atom. The van der Waals surface area contributed by atoms with E-state index in [2.05, 4.69) is 46.8 Å². The van der Waals surface area contributed by atoms with Gasteiger partial charge in [-0.15, -0.1) is 0 Å². The summed E-state index contributed by atoms with van der Waals surface area (Å²) < 4.78 is 0. The zero-order valence-electron chi connectivity index (χ0n) is 12.1. The highest BCUT2D eigenvalue weighted by atomic mass is 16.2. The van der Waals surface area contributed by atoms with Crippen LogP contribution in [-0.4, -0.2) is 43.0 Å². The molecular formula is C16H23N3O. The van der Waals surface area contributed by atoms with Crippen molar-refractivity contribution in [2.75, 3.05) is 20.1 Å². The van der Waals surface area contributed by atoms with E-state index in [4.69, 9.17) is 0 Å². The maximum absolute atomic E-state index is 12.4. The smallest absolute Gasteiger partial charge is 0.237 e. The molecule has 0 aliphatic carbocycles. The molecule has 4 nitrogen and oxygen atoms in total. The first-order valence-corrected chi connectivity index (χ1v) is 7.51. The second-order valence-electron chi connectivity index (χ2n) is 6.02. The molecule has 20 heavy (non-hydrogen) atoms. The highest BCUT2D eigenvalue weighted by Crippen LogP contribution is 2.17. The van der Waals surface area contributed by atoms with Crippen LogP contribution in [0.4, 0.5) is 0 Å². The first-order chi connectivity index (χ1) is 9.72. The van der Waals surface area contributed by atoms with Crippen molar-refractivity contribution in [3.05, 3.63) is 35.4 Å². The summed E-state index contributed by atoms with van der Waals surface area (Å²) in [5.74, 6) is 0.153.